The third-order valence-electron chi connectivity index (χ3n) is 1.53. The van der Waals surface area contributed by atoms with Crippen molar-refractivity contribution in [3.8, 4) is 0 Å². The van der Waals surface area contributed by atoms with Crippen molar-refractivity contribution in [3.63, 3.8) is 0 Å². The van der Waals surface area contributed by atoms with Crippen LogP contribution in [0.2, 0.25) is 0 Å². The molecule has 0 aromatic carbocycles. The molecule has 0 aromatic rings. The van der Waals surface area contributed by atoms with Crippen LogP contribution in [-0.2, 0) is 9.59 Å². The van der Waals surface area contributed by atoms with Crippen LogP contribution < -0.4 is 69.3 Å². The minimum Gasteiger partial charge on any atom is -0.859 e. The van der Waals surface area contributed by atoms with Crippen LogP contribution in [0.3, 0.4) is 0 Å². The Kier molecular flexibility index (Phi) is 18.2. The fraction of sp³-hybridized carbons (Fsp3) is 0.444. The molecule has 0 fully saturated rings. The molecular formula is C9H11NNa2O5S. The van der Waals surface area contributed by atoms with E-state index in [0.717, 1.165) is 0 Å². The molecule has 0 aliphatic rings. The second kappa shape index (κ2) is 13.9. The van der Waals surface area contributed by atoms with Crippen LogP contribution in [0, 0.1) is 0 Å². The van der Waals surface area contributed by atoms with Gasteiger partial charge in [0.1, 0.15) is 6.04 Å². The molecule has 18 heavy (non-hydrogen) atoms. The van der Waals surface area contributed by atoms with E-state index in [2.05, 4.69) is 4.99 Å². The van der Waals surface area contributed by atoms with Crippen molar-refractivity contribution in [3.05, 3.63) is 12.2 Å². The average Bonchev–Trinajstić information content (AvgIpc) is 2.20. The summed E-state index contributed by atoms with van der Waals surface area (Å²) in [7, 11) is 0. The SMILES string of the molecule is CSCC[C@H](N=C([O-])/C=C\C(=O)[O-])C(=O)O.[Na+].[Na+]. The Morgan fingerprint density at radius 1 is 1.33 bits per heavy atom. The van der Waals surface area contributed by atoms with Crippen LogP contribution in [0.1, 0.15) is 6.42 Å². The van der Waals surface area contributed by atoms with Gasteiger partial charge >= 0.3 is 65.1 Å². The Balaban J connectivity index is -0.00000112. The molecule has 0 radical (unpaired) electrons. The minimum atomic E-state index is -1.53. The number of aliphatic imine (C=N–C) groups is 1. The molecule has 0 bridgehead atoms. The zero-order valence-electron chi connectivity index (χ0n) is 10.6. The third kappa shape index (κ3) is 12.9. The molecule has 0 unspecified atom stereocenters. The van der Waals surface area contributed by atoms with Gasteiger partial charge in [-0.3, -0.25) is 4.99 Å². The van der Waals surface area contributed by atoms with Crippen LogP contribution in [0.4, 0.5) is 0 Å². The average molecular weight is 291 g/mol. The summed E-state index contributed by atoms with van der Waals surface area (Å²) in [5.41, 5.74) is 0. The Bertz CT molecular complexity index is 322. The minimum absolute atomic E-state index is 0. The van der Waals surface area contributed by atoms with Crippen molar-refractivity contribution in [2.75, 3.05) is 12.0 Å². The van der Waals surface area contributed by atoms with Gasteiger partial charge in [0, 0.05) is 0 Å². The van der Waals surface area contributed by atoms with Crippen LogP contribution in [0.25, 0.3) is 0 Å². The molecule has 1 atom stereocenters. The summed E-state index contributed by atoms with van der Waals surface area (Å²) in [6, 6.07) is -1.13. The number of nitrogens with zero attached hydrogens (tertiary/aromatic N) is 1. The van der Waals surface area contributed by atoms with Gasteiger partial charge in [-0.2, -0.15) is 11.8 Å². The number of carbonyl (C=O) groups is 2. The molecule has 1 N–H and O–H groups in total. The van der Waals surface area contributed by atoms with Gasteiger partial charge in [0.05, 0.1) is 5.97 Å². The molecule has 0 spiro atoms. The van der Waals surface area contributed by atoms with Gasteiger partial charge in [-0.1, -0.05) is 6.08 Å². The summed E-state index contributed by atoms with van der Waals surface area (Å²) in [4.78, 5) is 24.0. The fourth-order valence-electron chi connectivity index (χ4n) is 0.809. The second-order valence-electron chi connectivity index (χ2n) is 2.76. The summed E-state index contributed by atoms with van der Waals surface area (Å²) in [5.74, 6) is -3.07. The van der Waals surface area contributed by atoms with E-state index in [1.165, 1.54) is 11.8 Å². The summed E-state index contributed by atoms with van der Waals surface area (Å²) in [6.45, 7) is 0. The van der Waals surface area contributed by atoms with Gasteiger partial charge in [-0.15, -0.1) is 0 Å². The van der Waals surface area contributed by atoms with Crippen LogP contribution in [0.15, 0.2) is 17.1 Å². The molecule has 90 valence electrons. The van der Waals surface area contributed by atoms with E-state index in [0.29, 0.717) is 17.9 Å². The molecule has 0 saturated carbocycles. The summed E-state index contributed by atoms with van der Waals surface area (Å²) >= 11 is 1.44. The van der Waals surface area contributed by atoms with E-state index < -0.39 is 23.9 Å². The van der Waals surface area contributed by atoms with E-state index in [1.54, 1.807) is 6.26 Å². The number of carboxylic acids is 2. The normalized spacial score (nSPS) is 12.4. The molecular weight excluding hydrogens is 280 g/mol. The van der Waals surface area contributed by atoms with Crippen LogP contribution in [0.5, 0.6) is 0 Å². The van der Waals surface area contributed by atoms with Crippen molar-refractivity contribution in [2.24, 2.45) is 4.99 Å². The number of thioether (sulfide) groups is 1. The molecule has 0 aromatic heterocycles. The van der Waals surface area contributed by atoms with Crippen LogP contribution in [-0.4, -0.2) is 41.0 Å². The number of aliphatic carboxylic acids is 2. The standard InChI is InChI=1S/C9H13NO5S.2Na/c1-16-5-4-6(9(14)15)10-7(11)2-3-8(12)13;;/h2-3,6H,4-5H2,1H3,(H,10,11)(H,12,13)(H,14,15);;/q;2*+1/p-2/b3-2-;;/t6-;;/m0../s1. The van der Waals surface area contributed by atoms with Gasteiger partial charge in [-0.25, -0.2) is 4.79 Å². The molecule has 0 saturated heterocycles. The van der Waals surface area contributed by atoms with E-state index in [-0.39, 0.29) is 65.5 Å². The van der Waals surface area contributed by atoms with Crippen LogP contribution >= 0.6 is 11.8 Å². The first-order valence-corrected chi connectivity index (χ1v) is 5.72. The number of hydrogen-bond acceptors (Lipinski definition) is 6. The van der Waals surface area contributed by atoms with Crippen molar-refractivity contribution >= 4 is 29.6 Å². The monoisotopic (exact) mass is 291 g/mol. The Labute approximate surface area is 154 Å². The molecule has 0 aliphatic heterocycles. The van der Waals surface area contributed by atoms with Gasteiger partial charge in [-0.05, 0) is 30.4 Å². The number of rotatable bonds is 7. The third-order valence-corrected chi connectivity index (χ3v) is 2.17. The van der Waals surface area contributed by atoms with Gasteiger partial charge in [0.2, 0.25) is 0 Å². The van der Waals surface area contributed by atoms with E-state index in [1.807, 2.05) is 0 Å². The maximum Gasteiger partial charge on any atom is 1.00 e. The zero-order valence-corrected chi connectivity index (χ0v) is 15.4. The first kappa shape index (κ1) is 23.6. The second-order valence-corrected chi connectivity index (χ2v) is 3.74. The van der Waals surface area contributed by atoms with Gasteiger partial charge < -0.3 is 20.1 Å². The quantitative estimate of drug-likeness (QED) is 0.216. The Hall–Kier alpha value is 0.500. The Morgan fingerprint density at radius 2 is 1.89 bits per heavy atom. The topological polar surface area (TPSA) is 113 Å². The number of carboxylic acid groups (broad SMARTS) is 2. The summed E-state index contributed by atoms with van der Waals surface area (Å²) < 4.78 is 0. The molecule has 6 nitrogen and oxygen atoms in total. The predicted octanol–water partition coefficient (Wildman–Crippen LogP) is -7.73. The largest absolute Gasteiger partial charge is 1.00 e. The summed E-state index contributed by atoms with van der Waals surface area (Å²) in [6.07, 6.45) is 3.21. The van der Waals surface area contributed by atoms with Crippen molar-refractivity contribution in [1.82, 2.24) is 0 Å². The smallest absolute Gasteiger partial charge is 0.859 e. The molecule has 0 aliphatic carbocycles. The van der Waals surface area contributed by atoms with Crippen molar-refractivity contribution < 1.29 is 84.0 Å². The molecule has 9 heteroatoms. The first-order chi connectivity index (χ1) is 7.47. The van der Waals surface area contributed by atoms with Gasteiger partial charge in [0.25, 0.3) is 0 Å². The van der Waals surface area contributed by atoms with E-state index in [4.69, 9.17) is 5.11 Å². The zero-order chi connectivity index (χ0) is 12.6. The van der Waals surface area contributed by atoms with Gasteiger partial charge in [0.15, 0.2) is 0 Å². The van der Waals surface area contributed by atoms with Crippen molar-refractivity contribution in [1.29, 1.82) is 0 Å². The fourth-order valence-corrected chi connectivity index (χ4v) is 1.27. The van der Waals surface area contributed by atoms with Crippen molar-refractivity contribution in [2.45, 2.75) is 12.5 Å². The maximum absolute atomic E-state index is 11.0. The predicted molar refractivity (Wildman–Crippen MR) is 56.0 cm³/mol. The molecule has 0 rings (SSSR count). The maximum atomic E-state index is 11.0. The van der Waals surface area contributed by atoms with E-state index >= 15 is 0 Å². The summed E-state index contributed by atoms with van der Waals surface area (Å²) in [5, 5.41) is 29.7. The molecule has 0 amide bonds. The number of carbonyl (C=O) groups excluding carboxylic acids is 1. The Morgan fingerprint density at radius 3 is 2.28 bits per heavy atom. The first-order valence-electron chi connectivity index (χ1n) is 4.33. The van der Waals surface area contributed by atoms with E-state index in [9.17, 15) is 19.8 Å². The molecule has 0 heterocycles. The number of hydrogen-bond donors (Lipinski definition) is 1.